The smallest absolute Gasteiger partial charge is 0.481 e. The average molecular weight is 940 g/mol. The van der Waals surface area contributed by atoms with E-state index in [-0.39, 0.29) is 42.2 Å². The Balaban J connectivity index is 1.47. The van der Waals surface area contributed by atoms with E-state index in [0.717, 1.165) is 24.1 Å². The van der Waals surface area contributed by atoms with Crippen LogP contribution in [0.5, 0.6) is 0 Å². The number of carbonyl (C=O) groups excluding carboxylic acids is 4. The highest BCUT2D eigenvalue weighted by Crippen LogP contribution is 2.61. The van der Waals surface area contributed by atoms with Gasteiger partial charge in [0.15, 0.2) is 17.7 Å². The maximum atomic E-state index is 12.7. The van der Waals surface area contributed by atoms with Crippen LogP contribution in [0.25, 0.3) is 11.2 Å². The van der Waals surface area contributed by atoms with Gasteiger partial charge >= 0.3 is 29.4 Å². The molecule has 0 aliphatic carbocycles. The lowest BCUT2D eigenvalue weighted by atomic mass is 9.87. The molecule has 60 heavy (non-hydrogen) atoms. The van der Waals surface area contributed by atoms with Gasteiger partial charge in [-0.3, -0.25) is 42.1 Å². The number of rotatable bonds is 24. The standard InChI is InChI=1S/C28H44N7O21P3S/c1-13(36)18(14(37)8-17(39)40)27(44)60-7-6-30-16(38)4-5-31-25(43)22(42)28(2,3)10-53-59(50,51)56-58(48,49)52-9-15-21(55-57(45,46)47)20(41)26(54-15)35-12-34-19-23(29)32-11-33-24(19)35/h11-12,14-15,18,20-22,26,37,41-42H,4-10H2,1-3H3,(H,30,38)(H,31,43)(H,39,40)(H,48,49)(H,50,51)(H2,29,32,33)(H2,45,46,47)/t14?,15-,18?,20-,21-,22+,26-/m1/s1. The number of anilines is 1. The van der Waals surface area contributed by atoms with Crippen LogP contribution in [0, 0.1) is 11.3 Å². The molecule has 12 N–H and O–H groups in total. The Bertz CT molecular complexity index is 2040. The highest BCUT2D eigenvalue weighted by Gasteiger charge is 2.50. The number of amides is 2. The molecule has 338 valence electrons. The summed E-state index contributed by atoms with van der Waals surface area (Å²) in [5.41, 5.74) is 4.13. The Morgan fingerprint density at radius 3 is 2.28 bits per heavy atom. The van der Waals surface area contributed by atoms with Crippen molar-refractivity contribution >= 4 is 80.9 Å². The maximum absolute atomic E-state index is 12.7. The summed E-state index contributed by atoms with van der Waals surface area (Å²) in [6, 6.07) is 0. The zero-order valence-corrected chi connectivity index (χ0v) is 35.1. The lowest BCUT2D eigenvalue weighted by Crippen LogP contribution is -2.46. The van der Waals surface area contributed by atoms with Crippen molar-refractivity contribution in [2.45, 2.75) is 70.4 Å². The molecular weight excluding hydrogens is 895 g/mol. The van der Waals surface area contributed by atoms with Crippen LogP contribution in [0.15, 0.2) is 12.7 Å². The zero-order valence-electron chi connectivity index (χ0n) is 31.6. The number of phosphoric acid groups is 3. The molecular formula is C28H44N7O21P3S. The summed E-state index contributed by atoms with van der Waals surface area (Å²) in [5.74, 6) is -5.51. The van der Waals surface area contributed by atoms with Gasteiger partial charge in [-0.15, -0.1) is 0 Å². The molecule has 0 spiro atoms. The summed E-state index contributed by atoms with van der Waals surface area (Å²) in [5, 5.41) is 44.0. The number of hydrogen-bond donors (Lipinski definition) is 11. The second-order valence-electron chi connectivity index (χ2n) is 13.5. The van der Waals surface area contributed by atoms with Crippen molar-refractivity contribution in [1.82, 2.24) is 30.2 Å². The van der Waals surface area contributed by atoms with E-state index >= 15 is 0 Å². The van der Waals surface area contributed by atoms with E-state index in [0.29, 0.717) is 11.8 Å². The zero-order chi connectivity index (χ0) is 45.4. The minimum Gasteiger partial charge on any atom is -0.481 e. The van der Waals surface area contributed by atoms with Gasteiger partial charge in [0.2, 0.25) is 16.9 Å². The molecule has 3 heterocycles. The number of aliphatic hydroxyl groups excluding tert-OH is 3. The number of nitrogens with one attached hydrogen (secondary N) is 2. The summed E-state index contributed by atoms with van der Waals surface area (Å²) in [6.07, 6.45) is -9.87. The predicted octanol–water partition coefficient (Wildman–Crippen LogP) is -2.29. The second-order valence-corrected chi connectivity index (χ2v) is 18.8. The number of Topliss-reactive ketones (excluding diaryl/α,β-unsaturated/α-hetero) is 1. The molecule has 4 unspecified atom stereocenters. The lowest BCUT2D eigenvalue weighted by molar-refractivity contribution is -0.142. The summed E-state index contributed by atoms with van der Waals surface area (Å²) in [4.78, 5) is 110. The number of ketones is 1. The van der Waals surface area contributed by atoms with Crippen LogP contribution < -0.4 is 16.4 Å². The van der Waals surface area contributed by atoms with Gasteiger partial charge in [-0.2, -0.15) is 4.31 Å². The number of hydrogen-bond acceptors (Lipinski definition) is 21. The van der Waals surface area contributed by atoms with E-state index in [9.17, 15) is 72.6 Å². The van der Waals surface area contributed by atoms with Crippen LogP contribution in [0.2, 0.25) is 0 Å². The topological polar surface area (TPSA) is 438 Å². The van der Waals surface area contributed by atoms with E-state index < -0.39 is 120 Å². The molecule has 0 bridgehead atoms. The minimum absolute atomic E-state index is 0.00756. The highest BCUT2D eigenvalue weighted by molar-refractivity contribution is 8.13. The second kappa shape index (κ2) is 21.2. The van der Waals surface area contributed by atoms with Gasteiger partial charge in [0.25, 0.3) is 0 Å². The summed E-state index contributed by atoms with van der Waals surface area (Å²) < 4.78 is 62.0. The van der Waals surface area contributed by atoms with Crippen molar-refractivity contribution in [3.05, 3.63) is 12.7 Å². The number of aliphatic carboxylic acids is 1. The fourth-order valence-electron chi connectivity index (χ4n) is 5.26. The highest BCUT2D eigenvalue weighted by atomic mass is 32.2. The third-order valence-electron chi connectivity index (χ3n) is 8.21. The first-order valence-corrected chi connectivity index (χ1v) is 22.6. The quantitative estimate of drug-likeness (QED) is 0.0300. The first-order valence-electron chi connectivity index (χ1n) is 17.1. The monoisotopic (exact) mass is 939 g/mol. The molecule has 1 fully saturated rings. The largest absolute Gasteiger partial charge is 0.481 e. The number of imidazole rings is 1. The van der Waals surface area contributed by atoms with Gasteiger partial charge in [0.1, 0.15) is 48.0 Å². The van der Waals surface area contributed by atoms with E-state index in [1.165, 1.54) is 13.8 Å². The molecule has 32 heteroatoms. The summed E-state index contributed by atoms with van der Waals surface area (Å²) >= 11 is 0.588. The maximum Gasteiger partial charge on any atom is 0.481 e. The van der Waals surface area contributed by atoms with Crippen molar-refractivity contribution in [3.8, 4) is 0 Å². The number of nitrogens with zero attached hydrogens (tertiary/aromatic N) is 4. The number of ether oxygens (including phenoxy) is 1. The number of carboxylic acids is 1. The molecule has 1 aliphatic rings. The summed E-state index contributed by atoms with van der Waals surface area (Å²) in [7, 11) is -16.5. The Labute approximate surface area is 343 Å². The number of carboxylic acid groups (broad SMARTS) is 1. The number of thioether (sulfide) groups is 1. The number of aromatic nitrogens is 4. The van der Waals surface area contributed by atoms with Crippen LogP contribution in [-0.2, 0) is 60.3 Å². The van der Waals surface area contributed by atoms with Crippen LogP contribution in [0.4, 0.5) is 5.82 Å². The third kappa shape index (κ3) is 14.9. The third-order valence-corrected chi connectivity index (χ3v) is 12.3. The minimum atomic E-state index is -5.62. The molecule has 0 aromatic carbocycles. The van der Waals surface area contributed by atoms with Gasteiger partial charge in [0, 0.05) is 30.7 Å². The Morgan fingerprint density at radius 2 is 1.67 bits per heavy atom. The molecule has 2 aromatic rings. The predicted molar refractivity (Wildman–Crippen MR) is 200 cm³/mol. The fraction of sp³-hybridized carbons (Fsp3) is 0.643. The normalized spacial score (nSPS) is 22.0. The van der Waals surface area contributed by atoms with Crippen LogP contribution in [-0.4, -0.2) is 151 Å². The van der Waals surface area contributed by atoms with E-state index in [1.54, 1.807) is 0 Å². The van der Waals surface area contributed by atoms with Crippen LogP contribution >= 0.6 is 35.2 Å². The molecule has 3 rings (SSSR count). The van der Waals surface area contributed by atoms with Crippen molar-refractivity contribution < 1.29 is 100 Å². The van der Waals surface area contributed by atoms with Crippen molar-refractivity contribution in [3.63, 3.8) is 0 Å². The van der Waals surface area contributed by atoms with E-state index in [4.69, 9.17) is 24.6 Å². The van der Waals surface area contributed by atoms with Crippen LogP contribution in [0.1, 0.15) is 39.8 Å². The SMILES string of the molecule is CC(=O)C(C(=O)SCCNC(=O)CCNC(=O)[C@H](O)C(C)(C)COP(=O)(O)OP(=O)(O)OC[C@H]1O[C@@H](n2cnc3c(N)ncnc32)[C@H](O)[C@@H]1OP(=O)(O)O)C(O)CC(=O)O. The van der Waals surface area contributed by atoms with Gasteiger partial charge in [0.05, 0.1) is 32.1 Å². The number of nitrogen functional groups attached to an aromatic ring is 1. The van der Waals surface area contributed by atoms with Gasteiger partial charge in [-0.25, -0.2) is 28.6 Å². The molecule has 2 amide bonds. The molecule has 28 nitrogen and oxygen atoms in total. The number of fused-ring (bicyclic) bond motifs is 1. The number of carbonyl (C=O) groups is 5. The van der Waals surface area contributed by atoms with E-state index in [1.807, 2.05) is 0 Å². The molecule has 0 saturated carbocycles. The molecule has 9 atom stereocenters. The molecule has 2 aromatic heterocycles. The first kappa shape index (κ1) is 51.0. The van der Waals surface area contributed by atoms with Crippen LogP contribution in [0.3, 0.4) is 0 Å². The molecule has 1 aliphatic heterocycles. The number of phosphoric ester groups is 3. The van der Waals surface area contributed by atoms with Crippen molar-refractivity contribution in [2.24, 2.45) is 11.3 Å². The Hall–Kier alpha value is -3.34. The fourth-order valence-corrected chi connectivity index (χ4v) is 9.00. The van der Waals surface area contributed by atoms with Gasteiger partial charge in [-0.1, -0.05) is 25.6 Å². The van der Waals surface area contributed by atoms with Crippen molar-refractivity contribution in [2.75, 3.05) is 37.8 Å². The Morgan fingerprint density at radius 1 is 1.02 bits per heavy atom. The van der Waals surface area contributed by atoms with Gasteiger partial charge in [-0.05, 0) is 6.92 Å². The Kier molecular flexibility index (Phi) is 18.0. The molecule has 0 radical (unpaired) electrons. The average Bonchev–Trinajstić information content (AvgIpc) is 3.67. The molecule has 1 saturated heterocycles. The summed E-state index contributed by atoms with van der Waals surface area (Å²) in [6.45, 7) is 0.877. The first-order chi connectivity index (χ1) is 27.6. The lowest BCUT2D eigenvalue weighted by Gasteiger charge is -2.30. The number of nitrogens with two attached hydrogens (primary N) is 1. The van der Waals surface area contributed by atoms with E-state index in [2.05, 4.69) is 34.4 Å². The van der Waals surface area contributed by atoms with Gasteiger partial charge < -0.3 is 61.1 Å². The van der Waals surface area contributed by atoms with Crippen molar-refractivity contribution in [1.29, 1.82) is 0 Å². The number of aliphatic hydroxyl groups is 3.